The number of hydrogen-bond acceptors (Lipinski definition) is 27. The van der Waals surface area contributed by atoms with E-state index < -0.39 is 28.7 Å². The van der Waals surface area contributed by atoms with E-state index >= 15 is 0 Å². The lowest BCUT2D eigenvalue weighted by Gasteiger charge is -2.20. The van der Waals surface area contributed by atoms with Gasteiger partial charge in [-0.05, 0) is 299 Å². The summed E-state index contributed by atoms with van der Waals surface area (Å²) in [5.74, 6) is 5.16. The van der Waals surface area contributed by atoms with Crippen LogP contribution in [0.25, 0.3) is 0 Å². The van der Waals surface area contributed by atoms with Crippen molar-refractivity contribution in [2.45, 2.75) is 26.4 Å². The minimum atomic E-state index is -4.30. The molecule has 0 amide bonds. The molecule has 0 fully saturated rings. The summed E-state index contributed by atoms with van der Waals surface area (Å²) < 4.78 is 133. The number of ether oxygens (including phenoxy) is 6. The van der Waals surface area contributed by atoms with Gasteiger partial charge in [-0.1, -0.05) is 121 Å². The number of benzene rings is 14. The topological polar surface area (TPSA) is 365 Å². The lowest BCUT2D eigenvalue weighted by Crippen LogP contribution is -2.08. The molecule has 0 bridgehead atoms. The summed E-state index contributed by atoms with van der Waals surface area (Å²) in [5.41, 5.74) is 4.60. The SMILES string of the molecule is N#COc1ccc(OP(=O)(Oc2ccc(N=C=O)cc2)Oc2ccc(OC#N)cc2)cc1.O=P(Cl)(Cl)Cl.O=P(Oc1ccc(O)cc1)(Oc1ccc(O)cc1)Oc1ccc(O)cc1.O=P(Oc1ccc(OCc2ccccc2)cc1)(Oc1ccc(OCc2ccccc2)cc1)Oc1ccc(OCc2ccccc2)cc1.Oc1ccc(OCc2ccccc2)cc1. The van der Waals surface area contributed by atoms with Crippen LogP contribution < -0.4 is 69.1 Å². The summed E-state index contributed by atoms with van der Waals surface area (Å²) in [6.45, 7) is 1.80. The molecule has 0 radical (unpaired) electrons. The highest BCUT2D eigenvalue weighted by Crippen LogP contribution is 2.61. The molecule has 125 heavy (non-hydrogen) atoms. The summed E-state index contributed by atoms with van der Waals surface area (Å²) >= 11 is 13.8. The van der Waals surface area contributed by atoms with Crippen molar-refractivity contribution < 1.29 is 113 Å². The van der Waals surface area contributed by atoms with Crippen LogP contribution in [0.3, 0.4) is 0 Å². The average molecular weight is 1820 g/mol. The Morgan fingerprint density at radius 1 is 0.248 bits per heavy atom. The first kappa shape index (κ1) is 92.7. The van der Waals surface area contributed by atoms with Crippen LogP contribution in [-0.4, -0.2) is 26.5 Å². The molecule has 0 aromatic heterocycles. The van der Waals surface area contributed by atoms with Crippen molar-refractivity contribution >= 4 is 74.2 Å². The minimum absolute atomic E-state index is 0.0195. The molecule has 14 rings (SSSR count). The van der Waals surface area contributed by atoms with Gasteiger partial charge in [0.15, 0.2) is 0 Å². The molecule has 0 saturated carbocycles. The normalized spacial score (nSPS) is 10.6. The number of nitrogens with zero attached hydrogens (tertiary/aromatic N) is 3. The van der Waals surface area contributed by atoms with Gasteiger partial charge in [-0.25, -0.2) is 4.79 Å². The number of halogens is 3. The van der Waals surface area contributed by atoms with E-state index in [-0.39, 0.29) is 86.2 Å². The van der Waals surface area contributed by atoms with Gasteiger partial charge in [0.05, 0.1) is 5.69 Å². The van der Waals surface area contributed by atoms with Crippen LogP contribution in [0.5, 0.6) is 109 Å². The highest BCUT2D eigenvalue weighted by molar-refractivity contribution is 8.24. The molecule has 636 valence electrons. The number of aromatic hydroxyl groups is 4. The van der Waals surface area contributed by atoms with Crippen molar-refractivity contribution in [3.05, 3.63) is 386 Å². The average Bonchev–Trinajstić information content (AvgIpc) is 0.830. The molecule has 4 N–H and O–H groups in total. The van der Waals surface area contributed by atoms with Crippen LogP contribution in [0.1, 0.15) is 22.3 Å². The number of phosphoric ester groups is 3. The zero-order chi connectivity index (χ0) is 88.5. The van der Waals surface area contributed by atoms with Gasteiger partial charge in [0.25, 0.3) is 12.5 Å². The molecule has 0 heterocycles. The minimum Gasteiger partial charge on any atom is -0.508 e. The maximum Gasteiger partial charge on any atom is 0.647 e. The molecule has 0 saturated heterocycles. The number of phenols is 4. The van der Waals surface area contributed by atoms with Gasteiger partial charge >= 0.3 is 28.7 Å². The first-order valence-electron chi connectivity index (χ1n) is 36.8. The summed E-state index contributed by atoms with van der Waals surface area (Å²) in [7, 11) is -12.7. The van der Waals surface area contributed by atoms with Gasteiger partial charge in [0.1, 0.15) is 136 Å². The third kappa shape index (κ3) is 34.5. The Bertz CT molecular complexity index is 5570. The van der Waals surface area contributed by atoms with Crippen LogP contribution in [-0.2, 0) is 49.5 Å². The standard InChI is InChI=1S/C39H33O7P.C21H12N3O7P.C18H15O7P.C13H12O2.Cl3OP/c40-47(44-37-22-16-34(17-23-37)41-28-31-10-4-1-5-11-31,45-38-24-18-35(19-25-38)42-29-32-12-6-2-7-13-32)46-39-26-20-36(21-27-39)43-30-33-14-8-3-9-15-33;22-13-27-17-5-9-20(10-6-17)30-32(26,29-19-3-1-16(2-4-19)24-15-25)31-21-11-7-18(8-12-21)28-14-23;19-13-1-7-16(8-2-13)23-26(22,24-17-9-3-14(20)4-10-17)25-18-11-5-15(21)6-12-18;14-12-6-8-13(9-7-12)15-10-11-4-2-1-3-5-11;1-5(2,3)4/h1-27H,28-30H2;1-12H;1-12,19-21H;1-9,14H,10H2;. The summed E-state index contributed by atoms with van der Waals surface area (Å²) in [6, 6.07) is 100. The molecule has 34 heteroatoms. The van der Waals surface area contributed by atoms with Gasteiger partial charge in [-0.3, -0.25) is 4.57 Å². The third-order valence-electron chi connectivity index (χ3n) is 15.8. The summed E-state index contributed by atoms with van der Waals surface area (Å²) in [4.78, 5) is 13.8. The van der Waals surface area contributed by atoms with Gasteiger partial charge in [-0.2, -0.15) is 18.7 Å². The number of aliphatic imine (C=N–C) groups is 1. The largest absolute Gasteiger partial charge is 0.647 e. The first-order chi connectivity index (χ1) is 60.4. The van der Waals surface area contributed by atoms with Crippen molar-refractivity contribution in [3.63, 3.8) is 0 Å². The van der Waals surface area contributed by atoms with Crippen LogP contribution in [0.15, 0.2) is 369 Å². The summed E-state index contributed by atoms with van der Waals surface area (Å²) in [5, 5.41) is 51.0. The Kier molecular flexibility index (Phi) is 35.3. The second-order valence-corrected chi connectivity index (χ2v) is 36.0. The van der Waals surface area contributed by atoms with Crippen molar-refractivity contribution in [2.24, 2.45) is 4.99 Å². The maximum absolute atomic E-state index is 14.1. The lowest BCUT2D eigenvalue weighted by molar-refractivity contribution is 0.292. The monoisotopic (exact) mass is 1820 g/mol. The highest BCUT2D eigenvalue weighted by Gasteiger charge is 2.36. The zero-order valence-corrected chi connectivity index (χ0v) is 71.0. The lowest BCUT2D eigenvalue weighted by atomic mass is 10.2. The molecule has 14 aromatic rings. The van der Waals surface area contributed by atoms with E-state index in [0.717, 1.165) is 28.0 Å². The molecule has 27 nitrogen and oxygen atoms in total. The quantitative estimate of drug-likeness (QED) is 0.0128. The van der Waals surface area contributed by atoms with E-state index in [1.165, 1.54) is 164 Å². The Morgan fingerprint density at radius 3 is 0.592 bits per heavy atom. The van der Waals surface area contributed by atoms with E-state index in [2.05, 4.69) is 38.7 Å². The molecular weight excluding hydrogens is 1750 g/mol. The smallest absolute Gasteiger partial charge is 0.508 e. The van der Waals surface area contributed by atoms with Gasteiger partial charge in [-0.15, -0.1) is 10.5 Å². The third-order valence-corrected chi connectivity index (χ3v) is 19.7. The molecule has 14 aromatic carbocycles. The molecular formula is C91H72Cl3N3O24P4. The van der Waals surface area contributed by atoms with Gasteiger partial charge in [0, 0.05) is 0 Å². The Labute approximate surface area is 732 Å². The number of phenolic OH excluding ortho intramolecular Hbond substituents is 4. The first-order valence-corrected chi connectivity index (χ1v) is 45.6. The number of carbonyl (C=O) groups excluding carboxylic acids is 1. The number of isocyanates is 1. The second-order valence-electron chi connectivity index (χ2n) is 25.1. The fourth-order valence-corrected chi connectivity index (χ4v) is 13.8. The van der Waals surface area contributed by atoms with Crippen molar-refractivity contribution in [1.82, 2.24) is 0 Å². The Balaban J connectivity index is 0.000000182. The fourth-order valence-electron chi connectivity index (χ4n) is 10.0. The number of rotatable bonds is 33. The van der Waals surface area contributed by atoms with Crippen molar-refractivity contribution in [2.75, 3.05) is 0 Å². The van der Waals surface area contributed by atoms with E-state index in [1.54, 1.807) is 97.1 Å². The fraction of sp³-hybridized carbons (Fsp3) is 0.0440. The van der Waals surface area contributed by atoms with E-state index in [0.29, 0.717) is 49.4 Å². The van der Waals surface area contributed by atoms with Crippen LogP contribution >= 0.6 is 62.4 Å². The zero-order valence-electron chi connectivity index (χ0n) is 65.2. The van der Waals surface area contributed by atoms with Crippen molar-refractivity contribution in [3.8, 4) is 122 Å². The van der Waals surface area contributed by atoms with E-state index in [1.807, 2.05) is 121 Å². The van der Waals surface area contributed by atoms with Gasteiger partial charge < -0.3 is 89.6 Å². The second kappa shape index (κ2) is 47.6. The molecule has 0 unspecified atom stereocenters. The Hall–Kier alpha value is -14.6. The van der Waals surface area contributed by atoms with Crippen LogP contribution in [0.2, 0.25) is 0 Å². The summed E-state index contributed by atoms with van der Waals surface area (Å²) in [6.07, 6.45) is 4.49. The molecule has 0 aliphatic rings. The molecule has 0 spiro atoms. The van der Waals surface area contributed by atoms with E-state index in [4.69, 9.17) is 84.8 Å². The molecule has 0 aliphatic carbocycles. The molecule has 0 aliphatic heterocycles. The Morgan fingerprint density at radius 2 is 0.408 bits per heavy atom. The predicted octanol–water partition coefficient (Wildman–Crippen LogP) is 25.3. The molecule has 0 atom stereocenters. The van der Waals surface area contributed by atoms with Gasteiger partial charge in [0.2, 0.25) is 6.08 Å². The van der Waals surface area contributed by atoms with Crippen LogP contribution in [0, 0.1) is 23.0 Å². The predicted molar refractivity (Wildman–Crippen MR) is 468 cm³/mol. The van der Waals surface area contributed by atoms with Crippen molar-refractivity contribution in [1.29, 1.82) is 10.5 Å². The highest BCUT2D eigenvalue weighted by atomic mass is 36.0. The number of hydrogen-bond donors (Lipinski definition) is 4. The van der Waals surface area contributed by atoms with Crippen LogP contribution in [0.4, 0.5) is 5.69 Å². The number of nitriles is 2. The number of phosphoric acid groups is 3. The van der Waals surface area contributed by atoms with E-state index in [9.17, 15) is 38.4 Å². The maximum atomic E-state index is 14.1.